The average Bonchev–Trinajstić information content (AvgIpc) is 2.28. The highest BCUT2D eigenvalue weighted by atomic mass is 35.5. The Balaban J connectivity index is 2.37. The van der Waals surface area contributed by atoms with Gasteiger partial charge < -0.3 is 4.74 Å². The molecule has 0 aliphatic heterocycles. The third-order valence-corrected chi connectivity index (χ3v) is 3.26. The quantitative estimate of drug-likeness (QED) is 0.541. The largest absolute Gasteiger partial charge is 0.465 e. The molecule has 0 saturated carbocycles. The predicted molar refractivity (Wildman–Crippen MR) is 59.3 cm³/mol. The van der Waals surface area contributed by atoms with E-state index in [1.54, 1.807) is 6.07 Å². The highest BCUT2D eigenvalue weighted by molar-refractivity contribution is 6.21. The number of methoxy groups -OCH3 is 1. The molecule has 0 spiro atoms. The van der Waals surface area contributed by atoms with E-state index in [2.05, 4.69) is 4.74 Å². The molecular weight excluding hydrogens is 212 g/mol. The number of fused-ring (bicyclic) bond motifs is 1. The van der Waals surface area contributed by atoms with Gasteiger partial charge in [0.15, 0.2) is 0 Å². The van der Waals surface area contributed by atoms with Gasteiger partial charge in [-0.25, -0.2) is 4.79 Å². The van der Waals surface area contributed by atoms with Crippen LogP contribution in [-0.2, 0) is 11.2 Å². The topological polar surface area (TPSA) is 26.3 Å². The summed E-state index contributed by atoms with van der Waals surface area (Å²) in [5, 5.41) is 0.0976. The number of ether oxygens (including phenoxy) is 1. The van der Waals surface area contributed by atoms with Crippen LogP contribution in [0.3, 0.4) is 0 Å². The van der Waals surface area contributed by atoms with Crippen molar-refractivity contribution < 1.29 is 9.53 Å². The lowest BCUT2D eigenvalue weighted by molar-refractivity contribution is 0.0600. The Kier molecular flexibility index (Phi) is 2.96. The molecule has 15 heavy (non-hydrogen) atoms. The van der Waals surface area contributed by atoms with E-state index < -0.39 is 0 Å². The zero-order valence-corrected chi connectivity index (χ0v) is 9.38. The molecule has 1 aliphatic rings. The zero-order chi connectivity index (χ0) is 10.8. The van der Waals surface area contributed by atoms with Crippen LogP contribution in [0.4, 0.5) is 0 Å². The Morgan fingerprint density at radius 3 is 3.07 bits per heavy atom. The fourth-order valence-electron chi connectivity index (χ4n) is 2.00. The highest BCUT2D eigenvalue weighted by Crippen LogP contribution is 2.34. The highest BCUT2D eigenvalue weighted by Gasteiger charge is 2.19. The molecule has 1 aromatic carbocycles. The molecule has 0 heterocycles. The van der Waals surface area contributed by atoms with Crippen LogP contribution in [0.1, 0.15) is 39.7 Å². The Bertz CT molecular complexity index is 387. The molecule has 0 N–H and O–H groups in total. The zero-order valence-electron chi connectivity index (χ0n) is 8.63. The second-order valence-corrected chi connectivity index (χ2v) is 4.29. The first-order valence-electron chi connectivity index (χ1n) is 5.07. The molecule has 2 nitrogen and oxygen atoms in total. The Morgan fingerprint density at radius 1 is 1.53 bits per heavy atom. The summed E-state index contributed by atoms with van der Waals surface area (Å²) in [4.78, 5) is 11.3. The second-order valence-electron chi connectivity index (χ2n) is 3.76. The van der Waals surface area contributed by atoms with Crippen molar-refractivity contribution in [3.63, 3.8) is 0 Å². The maximum Gasteiger partial charge on any atom is 0.337 e. The van der Waals surface area contributed by atoms with Gasteiger partial charge in [0, 0.05) is 0 Å². The molecule has 0 unspecified atom stereocenters. The van der Waals surface area contributed by atoms with Crippen molar-refractivity contribution in [2.45, 2.75) is 24.6 Å². The molecule has 0 fully saturated rings. The number of carbonyl (C=O) groups excluding carboxylic acids is 1. The predicted octanol–water partition coefficient (Wildman–Crippen LogP) is 3.09. The number of halogens is 1. The second kappa shape index (κ2) is 4.23. The van der Waals surface area contributed by atoms with Crippen LogP contribution in [0.25, 0.3) is 0 Å². The first-order chi connectivity index (χ1) is 7.22. The molecule has 80 valence electrons. The van der Waals surface area contributed by atoms with E-state index >= 15 is 0 Å². The van der Waals surface area contributed by atoms with Crippen LogP contribution in [0, 0.1) is 0 Å². The molecule has 1 atom stereocenters. The van der Waals surface area contributed by atoms with Gasteiger partial charge in [-0.3, -0.25) is 0 Å². The number of esters is 1. The van der Waals surface area contributed by atoms with Crippen LogP contribution in [0.15, 0.2) is 18.2 Å². The lowest BCUT2D eigenvalue weighted by Gasteiger charge is -2.20. The van der Waals surface area contributed by atoms with Crippen molar-refractivity contribution in [2.24, 2.45) is 0 Å². The van der Waals surface area contributed by atoms with E-state index in [1.807, 2.05) is 12.1 Å². The molecule has 0 saturated heterocycles. The van der Waals surface area contributed by atoms with E-state index in [-0.39, 0.29) is 11.3 Å². The summed E-state index contributed by atoms with van der Waals surface area (Å²) < 4.78 is 4.68. The van der Waals surface area contributed by atoms with Gasteiger partial charge in [-0.2, -0.15) is 0 Å². The van der Waals surface area contributed by atoms with Crippen molar-refractivity contribution in [3.8, 4) is 0 Å². The first-order valence-corrected chi connectivity index (χ1v) is 5.51. The maximum atomic E-state index is 11.3. The van der Waals surface area contributed by atoms with Crippen LogP contribution >= 0.6 is 11.6 Å². The van der Waals surface area contributed by atoms with Crippen molar-refractivity contribution in [1.29, 1.82) is 0 Å². The lowest BCUT2D eigenvalue weighted by atomic mass is 9.90. The van der Waals surface area contributed by atoms with Gasteiger partial charge in [-0.05, 0) is 42.5 Å². The molecule has 0 bridgehead atoms. The monoisotopic (exact) mass is 224 g/mol. The molecular formula is C12H13ClO2. The normalized spacial score (nSPS) is 19.5. The fourth-order valence-corrected chi connectivity index (χ4v) is 2.37. The van der Waals surface area contributed by atoms with Crippen LogP contribution in [0.5, 0.6) is 0 Å². The summed E-state index contributed by atoms with van der Waals surface area (Å²) in [6, 6.07) is 5.62. The van der Waals surface area contributed by atoms with E-state index in [0.717, 1.165) is 24.8 Å². The van der Waals surface area contributed by atoms with E-state index in [9.17, 15) is 4.79 Å². The number of carbonyl (C=O) groups is 1. The summed E-state index contributed by atoms with van der Waals surface area (Å²) >= 11 is 6.20. The van der Waals surface area contributed by atoms with E-state index in [0.29, 0.717) is 5.56 Å². The molecule has 1 aliphatic carbocycles. The van der Waals surface area contributed by atoms with Crippen molar-refractivity contribution in [3.05, 3.63) is 34.9 Å². The summed E-state index contributed by atoms with van der Waals surface area (Å²) in [5.41, 5.74) is 2.96. The lowest BCUT2D eigenvalue weighted by Crippen LogP contribution is -2.08. The van der Waals surface area contributed by atoms with Crippen molar-refractivity contribution >= 4 is 17.6 Å². The van der Waals surface area contributed by atoms with Gasteiger partial charge in [0.05, 0.1) is 18.1 Å². The average molecular weight is 225 g/mol. The van der Waals surface area contributed by atoms with Gasteiger partial charge in [-0.15, -0.1) is 11.6 Å². The maximum absolute atomic E-state index is 11.3. The molecule has 3 heteroatoms. The van der Waals surface area contributed by atoms with Gasteiger partial charge in [0.2, 0.25) is 0 Å². The third-order valence-electron chi connectivity index (χ3n) is 2.81. The summed E-state index contributed by atoms with van der Waals surface area (Å²) in [6.45, 7) is 0. The summed E-state index contributed by atoms with van der Waals surface area (Å²) in [7, 11) is 1.39. The van der Waals surface area contributed by atoms with E-state index in [4.69, 9.17) is 11.6 Å². The number of hydrogen-bond acceptors (Lipinski definition) is 2. The fraction of sp³-hybridized carbons (Fsp3) is 0.417. The van der Waals surface area contributed by atoms with Gasteiger partial charge in [0.25, 0.3) is 0 Å². The number of alkyl halides is 1. The van der Waals surface area contributed by atoms with Crippen LogP contribution < -0.4 is 0 Å². The smallest absolute Gasteiger partial charge is 0.337 e. The minimum Gasteiger partial charge on any atom is -0.465 e. The number of aryl methyl sites for hydroxylation is 1. The minimum absolute atomic E-state index is 0.0976. The SMILES string of the molecule is COC(=O)c1ccc2c(c1)CCC[C@H]2Cl. The molecule has 0 aromatic heterocycles. The number of hydrogen-bond donors (Lipinski definition) is 0. The Hall–Kier alpha value is -1.02. The molecule has 0 radical (unpaired) electrons. The molecule has 2 rings (SSSR count). The molecule has 0 amide bonds. The first kappa shape index (κ1) is 10.5. The Labute approximate surface area is 94.2 Å². The van der Waals surface area contributed by atoms with Gasteiger partial charge in [0.1, 0.15) is 0 Å². The van der Waals surface area contributed by atoms with Gasteiger partial charge in [-0.1, -0.05) is 6.07 Å². The standard InChI is InChI=1S/C12H13ClO2/c1-15-12(14)9-5-6-10-8(7-9)3-2-4-11(10)13/h5-7,11H,2-4H2,1H3/t11-/m1/s1. The van der Waals surface area contributed by atoms with Crippen LogP contribution in [0.2, 0.25) is 0 Å². The van der Waals surface area contributed by atoms with E-state index in [1.165, 1.54) is 12.7 Å². The van der Waals surface area contributed by atoms with Gasteiger partial charge >= 0.3 is 5.97 Å². The number of benzene rings is 1. The Morgan fingerprint density at radius 2 is 2.33 bits per heavy atom. The summed E-state index contributed by atoms with van der Waals surface area (Å²) in [5.74, 6) is -0.283. The number of rotatable bonds is 1. The minimum atomic E-state index is -0.283. The third kappa shape index (κ3) is 2.00. The van der Waals surface area contributed by atoms with Crippen LogP contribution in [-0.4, -0.2) is 13.1 Å². The van der Waals surface area contributed by atoms with Crippen molar-refractivity contribution in [2.75, 3.05) is 7.11 Å². The van der Waals surface area contributed by atoms with Crippen molar-refractivity contribution in [1.82, 2.24) is 0 Å². The molecule has 1 aromatic rings. The summed E-state index contributed by atoms with van der Waals surface area (Å²) in [6.07, 6.45) is 3.11.